The molecule has 0 radical (unpaired) electrons. The monoisotopic (exact) mass is 337 g/mol. The first kappa shape index (κ1) is 15.6. The van der Waals surface area contributed by atoms with Crippen LogP contribution in [0.15, 0.2) is 11.6 Å². The number of hydrogen-bond acceptors (Lipinski definition) is 6. The van der Waals surface area contributed by atoms with Crippen LogP contribution in [0.1, 0.15) is 51.1 Å². The van der Waals surface area contributed by atoms with E-state index in [9.17, 15) is 4.79 Å². The lowest BCUT2D eigenvalue weighted by Gasteiger charge is -2.31. The first-order chi connectivity index (χ1) is 10.7. The number of piperidine rings is 1. The van der Waals surface area contributed by atoms with Gasteiger partial charge in [-0.3, -0.25) is 4.90 Å². The highest BCUT2D eigenvalue weighted by Crippen LogP contribution is 2.30. The molecule has 3 rings (SSSR count). The van der Waals surface area contributed by atoms with E-state index in [1.165, 1.54) is 21.2 Å². The molecule has 1 aliphatic heterocycles. The van der Waals surface area contributed by atoms with Crippen molar-refractivity contribution in [2.75, 3.05) is 13.1 Å². The molecule has 1 unspecified atom stereocenters. The highest BCUT2D eigenvalue weighted by molar-refractivity contribution is 7.11. The quantitative estimate of drug-likeness (QED) is 0.907. The largest absolute Gasteiger partial charge is 0.476 e. The molecule has 0 spiro atoms. The second-order valence-electron chi connectivity index (χ2n) is 5.52. The Morgan fingerprint density at radius 3 is 3.09 bits per heavy atom. The number of carboxylic acids is 1. The molecule has 0 saturated carbocycles. The van der Waals surface area contributed by atoms with Crippen molar-refractivity contribution in [1.29, 1.82) is 0 Å². The lowest BCUT2D eigenvalue weighted by molar-refractivity contribution is 0.0691. The molecule has 2 aromatic heterocycles. The minimum Gasteiger partial charge on any atom is -0.476 e. The predicted octanol–water partition coefficient (Wildman–Crippen LogP) is 3.24. The Bertz CT molecular complexity index is 653. The maximum Gasteiger partial charge on any atom is 0.355 e. The summed E-state index contributed by atoms with van der Waals surface area (Å²) in [6.45, 7) is 5.10. The molecule has 1 aliphatic rings. The van der Waals surface area contributed by atoms with E-state index in [2.05, 4.69) is 21.8 Å². The predicted molar refractivity (Wildman–Crippen MR) is 87.8 cm³/mol. The van der Waals surface area contributed by atoms with E-state index in [0.717, 1.165) is 43.9 Å². The van der Waals surface area contributed by atoms with Crippen LogP contribution < -0.4 is 0 Å². The average Bonchev–Trinajstić information content (AvgIpc) is 3.16. The van der Waals surface area contributed by atoms with Gasteiger partial charge in [0.1, 0.15) is 0 Å². The molecule has 5 nitrogen and oxygen atoms in total. The van der Waals surface area contributed by atoms with Gasteiger partial charge in [0.05, 0.1) is 10.0 Å². The summed E-state index contributed by atoms with van der Waals surface area (Å²) in [5.41, 5.74) is 0.173. The van der Waals surface area contributed by atoms with Gasteiger partial charge in [0.2, 0.25) is 0 Å². The summed E-state index contributed by atoms with van der Waals surface area (Å²) in [5.74, 6) is -0.586. The molecule has 2 aromatic rings. The molecule has 7 heteroatoms. The Labute approximate surface area is 137 Å². The summed E-state index contributed by atoms with van der Waals surface area (Å²) in [4.78, 5) is 23.4. The van der Waals surface area contributed by atoms with E-state index in [1.54, 1.807) is 16.7 Å². The van der Waals surface area contributed by atoms with Crippen molar-refractivity contribution < 1.29 is 9.90 Å². The van der Waals surface area contributed by atoms with Gasteiger partial charge < -0.3 is 5.11 Å². The van der Waals surface area contributed by atoms with Gasteiger partial charge in [0.15, 0.2) is 5.69 Å². The fraction of sp³-hybridized carbons (Fsp3) is 0.533. The zero-order chi connectivity index (χ0) is 15.5. The van der Waals surface area contributed by atoms with Crippen LogP contribution in [0.3, 0.4) is 0 Å². The van der Waals surface area contributed by atoms with E-state index in [0.29, 0.717) is 5.92 Å². The van der Waals surface area contributed by atoms with E-state index in [4.69, 9.17) is 5.11 Å². The fourth-order valence-electron chi connectivity index (χ4n) is 2.78. The van der Waals surface area contributed by atoms with Crippen LogP contribution in [0.25, 0.3) is 0 Å². The van der Waals surface area contributed by atoms with Gasteiger partial charge in [0, 0.05) is 35.5 Å². The van der Waals surface area contributed by atoms with Crippen molar-refractivity contribution in [1.82, 2.24) is 14.9 Å². The van der Waals surface area contributed by atoms with E-state index in [1.807, 2.05) is 6.20 Å². The zero-order valence-electron chi connectivity index (χ0n) is 12.5. The molecule has 0 bridgehead atoms. The number of aromatic carboxylic acids is 1. The molecule has 1 N–H and O–H groups in total. The van der Waals surface area contributed by atoms with Crippen LogP contribution in [0, 0.1) is 0 Å². The number of carbonyl (C=O) groups is 1. The Morgan fingerprint density at radius 2 is 2.41 bits per heavy atom. The topological polar surface area (TPSA) is 66.3 Å². The van der Waals surface area contributed by atoms with E-state index in [-0.39, 0.29) is 5.69 Å². The number of thiazole rings is 2. The average molecular weight is 337 g/mol. The minimum atomic E-state index is -0.938. The normalized spacial score (nSPS) is 19.4. The van der Waals surface area contributed by atoms with E-state index >= 15 is 0 Å². The number of rotatable bonds is 5. The highest BCUT2D eigenvalue weighted by Gasteiger charge is 2.25. The molecule has 3 heterocycles. The van der Waals surface area contributed by atoms with Crippen molar-refractivity contribution in [2.24, 2.45) is 0 Å². The van der Waals surface area contributed by atoms with Gasteiger partial charge >= 0.3 is 5.97 Å². The van der Waals surface area contributed by atoms with Crippen molar-refractivity contribution in [3.8, 4) is 0 Å². The maximum atomic E-state index is 11.0. The second-order valence-corrected chi connectivity index (χ2v) is 7.61. The Morgan fingerprint density at radius 1 is 1.55 bits per heavy atom. The Balaban J connectivity index is 1.64. The smallest absolute Gasteiger partial charge is 0.355 e. The molecular formula is C15H19N3O2S2. The van der Waals surface area contributed by atoms with Gasteiger partial charge in [-0.2, -0.15) is 0 Å². The van der Waals surface area contributed by atoms with Crippen LogP contribution in [-0.2, 0) is 13.0 Å². The van der Waals surface area contributed by atoms with Gasteiger partial charge in [-0.15, -0.1) is 22.7 Å². The molecule has 1 saturated heterocycles. The number of nitrogens with zero attached hydrogens (tertiary/aromatic N) is 3. The van der Waals surface area contributed by atoms with Crippen molar-refractivity contribution in [2.45, 2.75) is 38.6 Å². The number of hydrogen-bond donors (Lipinski definition) is 1. The van der Waals surface area contributed by atoms with Crippen LogP contribution >= 0.6 is 22.7 Å². The SMILES string of the molecule is CCc1ncc(CN2CCCC(c3nc(C(=O)O)cs3)C2)s1. The highest BCUT2D eigenvalue weighted by atomic mass is 32.1. The molecule has 0 amide bonds. The van der Waals surface area contributed by atoms with Crippen LogP contribution in [0.5, 0.6) is 0 Å². The van der Waals surface area contributed by atoms with Gasteiger partial charge in [-0.25, -0.2) is 14.8 Å². The van der Waals surface area contributed by atoms with Crippen LogP contribution in [0.2, 0.25) is 0 Å². The molecule has 22 heavy (non-hydrogen) atoms. The number of likely N-dealkylation sites (tertiary alicyclic amines) is 1. The summed E-state index contributed by atoms with van der Waals surface area (Å²) in [6, 6.07) is 0. The third kappa shape index (κ3) is 3.53. The third-order valence-electron chi connectivity index (χ3n) is 3.88. The minimum absolute atomic E-state index is 0.173. The maximum absolute atomic E-state index is 11.0. The first-order valence-electron chi connectivity index (χ1n) is 7.50. The summed E-state index contributed by atoms with van der Waals surface area (Å²) in [6.07, 6.45) is 5.20. The van der Waals surface area contributed by atoms with Crippen LogP contribution in [-0.4, -0.2) is 39.0 Å². The number of aromatic nitrogens is 2. The summed E-state index contributed by atoms with van der Waals surface area (Å²) in [5, 5.41) is 12.8. The molecule has 1 fully saturated rings. The second kappa shape index (κ2) is 6.85. The van der Waals surface area contributed by atoms with Gasteiger partial charge in [-0.1, -0.05) is 6.92 Å². The van der Waals surface area contributed by atoms with Crippen molar-refractivity contribution in [3.05, 3.63) is 32.2 Å². The van der Waals surface area contributed by atoms with Crippen molar-refractivity contribution >= 4 is 28.6 Å². The molecule has 0 aliphatic carbocycles. The van der Waals surface area contributed by atoms with Crippen molar-refractivity contribution in [3.63, 3.8) is 0 Å². The Hall–Kier alpha value is -1.31. The standard InChI is InChI=1S/C15H19N3O2S2/c1-2-13-16-6-11(22-13)8-18-5-3-4-10(7-18)14-17-12(9-21-14)15(19)20/h6,9-10H,2-5,7-8H2,1H3,(H,19,20). The summed E-state index contributed by atoms with van der Waals surface area (Å²) < 4.78 is 0. The summed E-state index contributed by atoms with van der Waals surface area (Å²) >= 11 is 3.26. The van der Waals surface area contributed by atoms with E-state index < -0.39 is 5.97 Å². The zero-order valence-corrected chi connectivity index (χ0v) is 14.1. The molecule has 118 valence electrons. The van der Waals surface area contributed by atoms with Gasteiger partial charge in [-0.05, 0) is 25.8 Å². The molecule has 1 atom stereocenters. The number of aryl methyl sites for hydroxylation is 1. The molecular weight excluding hydrogens is 318 g/mol. The lowest BCUT2D eigenvalue weighted by atomic mass is 9.99. The fourth-order valence-corrected chi connectivity index (χ4v) is 4.61. The van der Waals surface area contributed by atoms with Crippen LogP contribution in [0.4, 0.5) is 0 Å². The number of carboxylic acid groups (broad SMARTS) is 1. The molecule has 0 aromatic carbocycles. The first-order valence-corrected chi connectivity index (χ1v) is 9.20. The Kier molecular flexibility index (Phi) is 4.85. The van der Waals surface area contributed by atoms with Gasteiger partial charge in [0.25, 0.3) is 0 Å². The third-order valence-corrected chi connectivity index (χ3v) is 6.01. The summed E-state index contributed by atoms with van der Waals surface area (Å²) in [7, 11) is 0. The lowest BCUT2D eigenvalue weighted by Crippen LogP contribution is -2.33.